The molecule has 0 spiro atoms. The maximum atomic E-state index is 12.8. The van der Waals surface area contributed by atoms with Crippen LogP contribution in [0.2, 0.25) is 0 Å². The topological polar surface area (TPSA) is 76.4 Å². The zero-order chi connectivity index (χ0) is 19.0. The molecular formula is C21H23NO4. The van der Waals surface area contributed by atoms with Crippen molar-refractivity contribution in [3.63, 3.8) is 0 Å². The SMILES string of the molecule is CCOC(=O)C(CCC#N)(Cc1cccc2ccccc12)C(=O)OCC. The minimum Gasteiger partial charge on any atom is -0.465 e. The summed E-state index contributed by atoms with van der Waals surface area (Å²) in [5.41, 5.74) is -0.673. The molecule has 136 valence electrons. The van der Waals surface area contributed by atoms with E-state index in [4.69, 9.17) is 14.7 Å². The Labute approximate surface area is 153 Å². The molecule has 0 fully saturated rings. The number of esters is 2. The molecule has 0 aromatic heterocycles. The second-order valence-corrected chi connectivity index (χ2v) is 6.00. The fraction of sp³-hybridized carbons (Fsp3) is 0.381. The second-order valence-electron chi connectivity index (χ2n) is 6.00. The van der Waals surface area contributed by atoms with Crippen molar-refractivity contribution in [1.82, 2.24) is 0 Å². The van der Waals surface area contributed by atoms with E-state index >= 15 is 0 Å². The van der Waals surface area contributed by atoms with Gasteiger partial charge in [0.1, 0.15) is 0 Å². The molecule has 26 heavy (non-hydrogen) atoms. The van der Waals surface area contributed by atoms with Crippen LogP contribution in [0.5, 0.6) is 0 Å². The third-order valence-corrected chi connectivity index (χ3v) is 4.37. The molecule has 2 aromatic rings. The van der Waals surface area contributed by atoms with Crippen LogP contribution in [0.15, 0.2) is 42.5 Å². The van der Waals surface area contributed by atoms with Crippen LogP contribution in [0.1, 0.15) is 32.3 Å². The minimum atomic E-state index is -1.52. The number of nitrogens with zero attached hydrogens (tertiary/aromatic N) is 1. The van der Waals surface area contributed by atoms with Crippen LogP contribution < -0.4 is 0 Å². The molecular weight excluding hydrogens is 330 g/mol. The van der Waals surface area contributed by atoms with Crippen LogP contribution in [-0.2, 0) is 25.5 Å². The highest BCUT2D eigenvalue weighted by Crippen LogP contribution is 2.35. The van der Waals surface area contributed by atoms with Crippen molar-refractivity contribution in [2.45, 2.75) is 33.1 Å². The van der Waals surface area contributed by atoms with Crippen LogP contribution in [-0.4, -0.2) is 25.2 Å². The molecule has 0 atom stereocenters. The van der Waals surface area contributed by atoms with E-state index in [0.29, 0.717) is 0 Å². The number of carbonyl (C=O) groups excluding carboxylic acids is 2. The smallest absolute Gasteiger partial charge is 0.323 e. The van der Waals surface area contributed by atoms with Gasteiger partial charge in [-0.15, -0.1) is 0 Å². The highest BCUT2D eigenvalue weighted by Gasteiger charge is 2.48. The molecule has 0 heterocycles. The van der Waals surface area contributed by atoms with Gasteiger partial charge in [0.25, 0.3) is 0 Å². The Morgan fingerprint density at radius 1 is 1.00 bits per heavy atom. The summed E-state index contributed by atoms with van der Waals surface area (Å²) in [6, 6.07) is 15.6. The minimum absolute atomic E-state index is 0.0579. The van der Waals surface area contributed by atoms with Gasteiger partial charge in [0.2, 0.25) is 0 Å². The average Bonchev–Trinajstić information content (AvgIpc) is 2.65. The Morgan fingerprint density at radius 2 is 1.62 bits per heavy atom. The van der Waals surface area contributed by atoms with Gasteiger partial charge in [0, 0.05) is 6.42 Å². The molecule has 2 aromatic carbocycles. The molecule has 0 saturated heterocycles. The first kappa shape index (κ1) is 19.5. The number of rotatable bonds is 8. The van der Waals surface area contributed by atoms with Crippen LogP contribution in [0, 0.1) is 16.7 Å². The second kappa shape index (κ2) is 9.00. The van der Waals surface area contributed by atoms with Crippen molar-refractivity contribution in [3.8, 4) is 6.07 Å². The van der Waals surface area contributed by atoms with E-state index in [1.54, 1.807) is 13.8 Å². The van der Waals surface area contributed by atoms with Crippen molar-refractivity contribution in [1.29, 1.82) is 5.26 Å². The van der Waals surface area contributed by atoms with Crippen molar-refractivity contribution in [2.75, 3.05) is 13.2 Å². The molecule has 0 bridgehead atoms. The standard InChI is InChI=1S/C21H23NO4/c1-3-25-19(23)21(13-8-14-22,20(24)26-4-2)15-17-11-7-10-16-9-5-6-12-18(16)17/h5-7,9-12H,3-4,8,13,15H2,1-2H3. The van der Waals surface area contributed by atoms with Gasteiger partial charge < -0.3 is 9.47 Å². The summed E-state index contributed by atoms with van der Waals surface area (Å²) in [6.45, 7) is 3.69. The highest BCUT2D eigenvalue weighted by molar-refractivity contribution is 6.01. The number of ether oxygens (including phenoxy) is 2. The molecule has 0 N–H and O–H groups in total. The van der Waals surface area contributed by atoms with E-state index in [2.05, 4.69) is 0 Å². The van der Waals surface area contributed by atoms with Crippen molar-refractivity contribution in [2.24, 2.45) is 5.41 Å². The normalized spacial score (nSPS) is 11.0. The zero-order valence-corrected chi connectivity index (χ0v) is 15.2. The molecule has 0 unspecified atom stereocenters. The number of fused-ring (bicyclic) bond motifs is 1. The molecule has 5 heteroatoms. The van der Waals surface area contributed by atoms with Gasteiger partial charge in [-0.2, -0.15) is 5.26 Å². The molecule has 0 saturated carbocycles. The van der Waals surface area contributed by atoms with Crippen molar-refractivity contribution in [3.05, 3.63) is 48.0 Å². The van der Waals surface area contributed by atoms with Crippen molar-refractivity contribution >= 4 is 22.7 Å². The molecule has 2 rings (SSSR count). The first-order valence-electron chi connectivity index (χ1n) is 8.77. The summed E-state index contributed by atoms with van der Waals surface area (Å²) in [6.07, 6.45) is 0.250. The number of carbonyl (C=O) groups is 2. The zero-order valence-electron chi connectivity index (χ0n) is 15.2. The van der Waals surface area contributed by atoms with E-state index < -0.39 is 17.4 Å². The molecule has 0 aliphatic heterocycles. The predicted molar refractivity (Wildman–Crippen MR) is 98.2 cm³/mol. The summed E-state index contributed by atoms with van der Waals surface area (Å²) >= 11 is 0. The fourth-order valence-corrected chi connectivity index (χ4v) is 3.10. The van der Waals surface area contributed by atoms with Gasteiger partial charge in [-0.1, -0.05) is 42.5 Å². The predicted octanol–water partition coefficient (Wildman–Crippen LogP) is 3.80. The Bertz CT molecular complexity index is 799. The van der Waals surface area contributed by atoms with E-state index in [0.717, 1.165) is 16.3 Å². The van der Waals surface area contributed by atoms with Crippen LogP contribution in [0.25, 0.3) is 10.8 Å². The molecule has 5 nitrogen and oxygen atoms in total. The molecule has 0 amide bonds. The lowest BCUT2D eigenvalue weighted by molar-refractivity contribution is -0.172. The summed E-state index contributed by atoms with van der Waals surface area (Å²) in [7, 11) is 0. The number of hydrogen-bond donors (Lipinski definition) is 0. The lowest BCUT2D eigenvalue weighted by Crippen LogP contribution is -2.44. The monoisotopic (exact) mass is 353 g/mol. The van der Waals surface area contributed by atoms with E-state index in [1.807, 2.05) is 48.5 Å². The van der Waals surface area contributed by atoms with Gasteiger partial charge in [0.15, 0.2) is 5.41 Å². The van der Waals surface area contributed by atoms with Crippen LogP contribution in [0.3, 0.4) is 0 Å². The van der Waals surface area contributed by atoms with E-state index in [1.165, 1.54) is 0 Å². The quantitative estimate of drug-likeness (QED) is 0.533. The maximum Gasteiger partial charge on any atom is 0.323 e. The first-order valence-corrected chi connectivity index (χ1v) is 8.77. The fourth-order valence-electron chi connectivity index (χ4n) is 3.10. The number of benzene rings is 2. The highest BCUT2D eigenvalue weighted by atomic mass is 16.6. The Kier molecular flexibility index (Phi) is 6.74. The van der Waals surface area contributed by atoms with Gasteiger partial charge in [-0.3, -0.25) is 9.59 Å². The van der Waals surface area contributed by atoms with Crippen LogP contribution in [0.4, 0.5) is 0 Å². The van der Waals surface area contributed by atoms with E-state index in [9.17, 15) is 9.59 Å². The summed E-state index contributed by atoms with van der Waals surface area (Å²) in [4.78, 5) is 25.6. The van der Waals surface area contributed by atoms with Gasteiger partial charge >= 0.3 is 11.9 Å². The summed E-state index contributed by atoms with van der Waals surface area (Å²) in [5, 5.41) is 11.0. The Morgan fingerprint density at radius 3 is 2.23 bits per heavy atom. The van der Waals surface area contributed by atoms with Gasteiger partial charge in [-0.05, 0) is 43.0 Å². The third-order valence-electron chi connectivity index (χ3n) is 4.37. The largest absolute Gasteiger partial charge is 0.465 e. The van der Waals surface area contributed by atoms with E-state index in [-0.39, 0.29) is 32.5 Å². The average molecular weight is 353 g/mol. The Hall–Kier alpha value is -2.87. The molecule has 0 radical (unpaired) electrons. The van der Waals surface area contributed by atoms with Gasteiger partial charge in [0.05, 0.1) is 19.3 Å². The molecule has 0 aliphatic carbocycles. The number of nitriles is 1. The van der Waals surface area contributed by atoms with Crippen molar-refractivity contribution < 1.29 is 19.1 Å². The third kappa shape index (κ3) is 4.02. The summed E-state index contributed by atoms with van der Waals surface area (Å²) in [5.74, 6) is -1.27. The number of hydrogen-bond acceptors (Lipinski definition) is 5. The van der Waals surface area contributed by atoms with Crippen LogP contribution >= 0.6 is 0 Å². The Balaban J connectivity index is 2.55. The summed E-state index contributed by atoms with van der Waals surface area (Å²) < 4.78 is 10.4. The first-order chi connectivity index (χ1) is 12.6. The lowest BCUT2D eigenvalue weighted by Gasteiger charge is -2.29. The maximum absolute atomic E-state index is 12.8. The lowest BCUT2D eigenvalue weighted by atomic mass is 9.76. The molecule has 0 aliphatic rings. The van der Waals surface area contributed by atoms with Gasteiger partial charge in [-0.25, -0.2) is 0 Å².